The number of aliphatic carboxylic acids is 1. The molecule has 5 heterocycles. The quantitative estimate of drug-likeness (QED) is 0.0985. The van der Waals surface area contributed by atoms with Crippen LogP contribution in [0, 0.1) is 0 Å². The third-order valence-electron chi connectivity index (χ3n) is 6.20. The maximum Gasteiger partial charge on any atom is 0.352 e. The number of ether oxygens (including phenoxy) is 2. The molecule has 0 saturated carbocycles. The molecule has 1 saturated heterocycles. The van der Waals surface area contributed by atoms with Crippen LogP contribution in [0.15, 0.2) is 49.0 Å². The summed E-state index contributed by atoms with van der Waals surface area (Å²) in [6.45, 7) is 0.0910. The third kappa shape index (κ3) is 4.53. The number of rotatable bonds is 7. The summed E-state index contributed by atoms with van der Waals surface area (Å²) in [5.41, 5.74) is 5.39. The number of aromatic nitrogens is 1. The number of nitrogens with zero attached hydrogens (tertiary/aromatic N) is 3. The summed E-state index contributed by atoms with van der Waals surface area (Å²) < 4.78 is 12.1. The van der Waals surface area contributed by atoms with Gasteiger partial charge in [-0.05, 0) is 11.6 Å². The van der Waals surface area contributed by atoms with Gasteiger partial charge in [-0.15, -0.1) is 46.2 Å². The third-order valence-corrected chi connectivity index (χ3v) is 10.6. The van der Waals surface area contributed by atoms with Crippen LogP contribution in [0.3, 0.4) is 0 Å². The number of carbonyl (C=O) groups excluding carboxylic acids is 2. The van der Waals surface area contributed by atoms with Crippen molar-refractivity contribution >= 4 is 84.9 Å². The molecule has 13 nitrogen and oxygen atoms in total. The highest BCUT2D eigenvalue weighted by Gasteiger charge is 2.54. The SMILES string of the molecule is Nc1nc(/C(=N/O)C(=O)N[C@@H]2C(=O)N3C(C(=O)O)=C(CSc4cc(=O)c5cc6c(cc5s4)OCO6)CS[C@@H]23)cs1. The molecule has 3 aliphatic rings. The van der Waals surface area contributed by atoms with Crippen molar-refractivity contribution in [2.75, 3.05) is 24.0 Å². The zero-order valence-electron chi connectivity index (χ0n) is 20.0. The number of hydrogen-bond acceptors (Lipinski definition) is 14. The summed E-state index contributed by atoms with van der Waals surface area (Å²) in [5.74, 6) is -1.12. The van der Waals surface area contributed by atoms with E-state index in [1.54, 1.807) is 12.1 Å². The van der Waals surface area contributed by atoms with Gasteiger partial charge in [-0.1, -0.05) is 5.16 Å². The Hall–Kier alpha value is -3.80. The minimum Gasteiger partial charge on any atom is -0.477 e. The Kier molecular flexibility index (Phi) is 6.81. The Morgan fingerprint density at radius 2 is 2.02 bits per heavy atom. The highest BCUT2D eigenvalue weighted by Crippen LogP contribution is 2.43. The molecule has 0 unspecified atom stereocenters. The van der Waals surface area contributed by atoms with E-state index in [1.165, 1.54) is 46.3 Å². The lowest BCUT2D eigenvalue weighted by Gasteiger charge is -2.49. The van der Waals surface area contributed by atoms with E-state index in [-0.39, 0.29) is 34.5 Å². The number of anilines is 1. The van der Waals surface area contributed by atoms with Gasteiger partial charge in [0.05, 0.1) is 4.21 Å². The van der Waals surface area contributed by atoms with Crippen LogP contribution in [0.1, 0.15) is 5.69 Å². The van der Waals surface area contributed by atoms with Crippen molar-refractivity contribution in [2.45, 2.75) is 15.6 Å². The number of carboxylic acid groups (broad SMARTS) is 1. The lowest BCUT2D eigenvalue weighted by atomic mass is 10.0. The van der Waals surface area contributed by atoms with E-state index in [9.17, 15) is 29.5 Å². The fourth-order valence-electron chi connectivity index (χ4n) is 4.37. The van der Waals surface area contributed by atoms with Crippen LogP contribution in [0.5, 0.6) is 11.5 Å². The maximum atomic E-state index is 13.0. The molecule has 3 aliphatic heterocycles. The average molecular weight is 620 g/mol. The van der Waals surface area contributed by atoms with Gasteiger partial charge in [0, 0.05) is 39.1 Å². The van der Waals surface area contributed by atoms with Crippen LogP contribution >= 0.6 is 46.2 Å². The first-order valence-corrected chi connectivity index (χ1v) is 15.1. The lowest BCUT2D eigenvalue weighted by molar-refractivity contribution is -0.150. The molecule has 2 atom stereocenters. The fourth-order valence-corrected chi connectivity index (χ4v) is 8.63. The number of nitrogens with one attached hydrogen (secondary N) is 1. The predicted molar refractivity (Wildman–Crippen MR) is 149 cm³/mol. The highest BCUT2D eigenvalue weighted by atomic mass is 32.2. The minimum absolute atomic E-state index is 0.0501. The molecule has 40 heavy (non-hydrogen) atoms. The number of nitrogen functional groups attached to an aromatic ring is 1. The molecule has 0 bridgehead atoms. The van der Waals surface area contributed by atoms with Crippen molar-refractivity contribution in [3.05, 3.63) is 50.8 Å². The van der Waals surface area contributed by atoms with E-state index in [0.29, 0.717) is 37.1 Å². The van der Waals surface area contributed by atoms with Gasteiger partial charge in [-0.3, -0.25) is 19.3 Å². The normalized spacial score (nSPS) is 19.9. The Labute approximate surface area is 240 Å². The molecule has 6 rings (SSSR count). The first kappa shape index (κ1) is 26.4. The molecule has 0 aliphatic carbocycles. The first-order valence-electron chi connectivity index (χ1n) is 11.4. The van der Waals surface area contributed by atoms with Gasteiger partial charge in [-0.2, -0.15) is 0 Å². The second kappa shape index (κ2) is 10.3. The van der Waals surface area contributed by atoms with Crippen LogP contribution in [-0.2, 0) is 14.4 Å². The second-order valence-corrected chi connectivity index (χ2v) is 12.9. The molecule has 3 aromatic rings. The molecule has 1 aromatic carbocycles. The van der Waals surface area contributed by atoms with Crippen molar-refractivity contribution in [3.8, 4) is 11.5 Å². The molecular weight excluding hydrogens is 603 g/mol. The largest absolute Gasteiger partial charge is 0.477 e. The van der Waals surface area contributed by atoms with Gasteiger partial charge in [-0.25, -0.2) is 9.78 Å². The van der Waals surface area contributed by atoms with Gasteiger partial charge in [0.25, 0.3) is 11.8 Å². The van der Waals surface area contributed by atoms with E-state index < -0.39 is 34.9 Å². The average Bonchev–Trinajstić information content (AvgIpc) is 3.57. The number of carboxylic acids is 1. The monoisotopic (exact) mass is 619 g/mol. The van der Waals surface area contributed by atoms with Crippen LogP contribution in [-0.4, -0.2) is 73.4 Å². The Bertz CT molecular complexity index is 1720. The number of thiazole rings is 1. The van der Waals surface area contributed by atoms with Gasteiger partial charge >= 0.3 is 5.97 Å². The Morgan fingerprint density at radius 3 is 2.73 bits per heavy atom. The number of carbonyl (C=O) groups is 3. The summed E-state index contributed by atoms with van der Waals surface area (Å²) in [6.07, 6.45) is 0. The molecule has 0 spiro atoms. The molecule has 206 valence electrons. The standard InChI is InChI=1S/C23H17N5O8S4/c24-23-25-10(6-39-23)16(27-34)19(30)26-17-20(31)28-18(22(32)33)8(5-38-21(17)28)4-37-15-2-11(29)9-1-12-13(36-7-35-12)3-14(9)40-15/h1-3,6,17,21,34H,4-5,7H2,(H2,24,25)(H,26,30)(H,32,33)/b27-16-/t17-,21+/m1/s1. The summed E-state index contributed by atoms with van der Waals surface area (Å²) in [5, 5.41) is 26.2. The summed E-state index contributed by atoms with van der Waals surface area (Å²) in [7, 11) is 0. The predicted octanol–water partition coefficient (Wildman–Crippen LogP) is 1.74. The minimum atomic E-state index is -1.27. The van der Waals surface area contributed by atoms with Gasteiger partial charge in [0.15, 0.2) is 27.8 Å². The summed E-state index contributed by atoms with van der Waals surface area (Å²) >= 11 is 5.02. The number of nitrogens with two attached hydrogens (primary N) is 1. The van der Waals surface area contributed by atoms with E-state index in [2.05, 4.69) is 15.5 Å². The number of oxime groups is 1. The fraction of sp³-hybridized carbons (Fsp3) is 0.217. The van der Waals surface area contributed by atoms with E-state index in [0.717, 1.165) is 16.2 Å². The topological polar surface area (TPSA) is 194 Å². The molecular formula is C23H17N5O8S4. The van der Waals surface area contributed by atoms with Crippen LogP contribution in [0.25, 0.3) is 10.1 Å². The molecule has 2 aromatic heterocycles. The zero-order chi connectivity index (χ0) is 28.1. The molecule has 1 fully saturated rings. The van der Waals surface area contributed by atoms with Crippen molar-refractivity contribution in [2.24, 2.45) is 5.16 Å². The maximum absolute atomic E-state index is 13.0. The highest BCUT2D eigenvalue weighted by molar-refractivity contribution is 8.02. The second-order valence-electron chi connectivity index (χ2n) is 8.56. The molecule has 5 N–H and O–H groups in total. The smallest absolute Gasteiger partial charge is 0.352 e. The van der Waals surface area contributed by atoms with Crippen molar-refractivity contribution in [3.63, 3.8) is 0 Å². The molecule has 0 radical (unpaired) electrons. The van der Waals surface area contributed by atoms with Crippen molar-refractivity contribution < 1.29 is 34.2 Å². The molecule has 2 amide bonds. The number of amides is 2. The Morgan fingerprint density at radius 1 is 1.25 bits per heavy atom. The number of benzene rings is 1. The van der Waals surface area contributed by atoms with Crippen molar-refractivity contribution in [1.29, 1.82) is 0 Å². The number of β-lactam (4-membered cyclic amide) rings is 1. The van der Waals surface area contributed by atoms with E-state index in [1.807, 2.05) is 0 Å². The first-order chi connectivity index (χ1) is 19.2. The van der Waals surface area contributed by atoms with Crippen molar-refractivity contribution in [1.82, 2.24) is 15.2 Å². The molecule has 17 heteroatoms. The van der Waals surface area contributed by atoms with Gasteiger partial charge in [0.1, 0.15) is 22.8 Å². The summed E-state index contributed by atoms with van der Waals surface area (Å²) in [4.78, 5) is 55.7. The Balaban J connectivity index is 1.19. The zero-order valence-corrected chi connectivity index (χ0v) is 23.2. The van der Waals surface area contributed by atoms with Gasteiger partial charge < -0.3 is 30.8 Å². The van der Waals surface area contributed by atoms with E-state index in [4.69, 9.17) is 15.2 Å². The number of thioether (sulfide) groups is 2. The lowest BCUT2D eigenvalue weighted by Crippen LogP contribution is -2.71. The summed E-state index contributed by atoms with van der Waals surface area (Å²) in [6, 6.07) is 3.88. The van der Waals surface area contributed by atoms with Crippen LogP contribution in [0.4, 0.5) is 5.13 Å². The van der Waals surface area contributed by atoms with Crippen LogP contribution in [0.2, 0.25) is 0 Å². The van der Waals surface area contributed by atoms with Crippen LogP contribution < -0.4 is 26.0 Å². The number of hydrogen-bond donors (Lipinski definition) is 4. The van der Waals surface area contributed by atoms with E-state index >= 15 is 0 Å². The number of fused-ring (bicyclic) bond motifs is 3. The van der Waals surface area contributed by atoms with Gasteiger partial charge in [0.2, 0.25) is 6.79 Å².